The number of nitrogens with two attached hydrogens (primary N) is 1. The number of unbranched alkanes of at least 4 members (excludes halogenated alkanes) is 1. The molecule has 0 heterocycles. The van der Waals surface area contributed by atoms with Gasteiger partial charge in [0.25, 0.3) is 0 Å². The van der Waals surface area contributed by atoms with E-state index in [-0.39, 0.29) is 17.5 Å². The Morgan fingerprint density at radius 2 is 2.10 bits per heavy atom. The van der Waals surface area contributed by atoms with Crippen molar-refractivity contribution < 1.29 is 8.42 Å². The summed E-state index contributed by atoms with van der Waals surface area (Å²) in [6, 6.07) is 5.06. The molecule has 3 N–H and O–H groups in total. The van der Waals surface area contributed by atoms with Crippen LogP contribution in [0.2, 0.25) is 0 Å². The average molecular weight is 308 g/mol. The van der Waals surface area contributed by atoms with Gasteiger partial charge in [-0.15, -0.1) is 0 Å². The molecular formula is C16H24N2O2S. The van der Waals surface area contributed by atoms with Crippen molar-refractivity contribution in [1.29, 1.82) is 0 Å². The molecule has 0 aliphatic rings. The van der Waals surface area contributed by atoms with Gasteiger partial charge in [0.1, 0.15) is 0 Å². The van der Waals surface area contributed by atoms with Gasteiger partial charge >= 0.3 is 0 Å². The number of hydrogen-bond donors (Lipinski definition) is 2. The third-order valence-corrected chi connectivity index (χ3v) is 4.74. The first-order chi connectivity index (χ1) is 9.90. The van der Waals surface area contributed by atoms with Gasteiger partial charge in [-0.25, -0.2) is 13.1 Å². The van der Waals surface area contributed by atoms with E-state index in [1.165, 1.54) is 0 Å². The van der Waals surface area contributed by atoms with Crippen LogP contribution in [0.15, 0.2) is 23.1 Å². The summed E-state index contributed by atoms with van der Waals surface area (Å²) in [6.45, 7) is 6.07. The molecule has 0 aliphatic heterocycles. The fraction of sp³-hybridized carbons (Fsp3) is 0.500. The van der Waals surface area contributed by atoms with Gasteiger partial charge in [0, 0.05) is 11.6 Å². The van der Waals surface area contributed by atoms with Crippen LogP contribution < -0.4 is 10.5 Å². The molecule has 21 heavy (non-hydrogen) atoms. The zero-order valence-corrected chi connectivity index (χ0v) is 13.8. The smallest absolute Gasteiger partial charge is 0.242 e. The van der Waals surface area contributed by atoms with Crippen LogP contribution in [-0.4, -0.2) is 21.0 Å². The molecule has 1 aromatic rings. The van der Waals surface area contributed by atoms with E-state index in [2.05, 4.69) is 23.5 Å². The summed E-state index contributed by atoms with van der Waals surface area (Å²) in [5.74, 6) is 5.56. The van der Waals surface area contributed by atoms with Crippen molar-refractivity contribution in [2.75, 3.05) is 6.54 Å². The van der Waals surface area contributed by atoms with Gasteiger partial charge in [-0.3, -0.25) is 0 Å². The highest BCUT2D eigenvalue weighted by atomic mass is 32.2. The second-order valence-corrected chi connectivity index (χ2v) is 6.85. The van der Waals surface area contributed by atoms with E-state index in [0.717, 1.165) is 24.8 Å². The number of hydrogen-bond acceptors (Lipinski definition) is 3. The summed E-state index contributed by atoms with van der Waals surface area (Å²) in [5, 5.41) is 0. The Labute approximate surface area is 128 Å². The first-order valence-electron chi connectivity index (χ1n) is 7.22. The molecule has 0 aromatic heterocycles. The molecule has 1 unspecified atom stereocenters. The van der Waals surface area contributed by atoms with Gasteiger partial charge in [0.05, 0.1) is 11.4 Å². The van der Waals surface area contributed by atoms with Gasteiger partial charge in [-0.1, -0.05) is 37.7 Å². The first-order valence-corrected chi connectivity index (χ1v) is 8.71. The summed E-state index contributed by atoms with van der Waals surface area (Å²) in [4.78, 5) is 0.220. The molecule has 0 bridgehead atoms. The van der Waals surface area contributed by atoms with E-state index >= 15 is 0 Å². The lowest BCUT2D eigenvalue weighted by Gasteiger charge is -2.15. The fourth-order valence-electron chi connectivity index (χ4n) is 2.02. The summed E-state index contributed by atoms with van der Waals surface area (Å²) in [6.07, 6.45) is 2.87. The standard InChI is InChI=1S/C16H24N2O2S/c1-4-5-7-14(3)18-21(19,20)16-10-9-13(2)12-15(16)8-6-11-17/h9-10,12,14,18H,4-5,7,11,17H2,1-3H3. The quantitative estimate of drug-likeness (QED) is 0.791. The highest BCUT2D eigenvalue weighted by molar-refractivity contribution is 7.89. The summed E-state index contributed by atoms with van der Waals surface area (Å²) in [7, 11) is -3.56. The maximum atomic E-state index is 12.5. The van der Waals surface area contributed by atoms with Crippen LogP contribution >= 0.6 is 0 Å². The molecule has 1 aromatic carbocycles. The molecule has 1 atom stereocenters. The van der Waals surface area contributed by atoms with Crippen LogP contribution in [0.3, 0.4) is 0 Å². The van der Waals surface area contributed by atoms with E-state index in [4.69, 9.17) is 5.73 Å². The Bertz CT molecular complexity index is 627. The molecule has 4 nitrogen and oxygen atoms in total. The number of benzene rings is 1. The van der Waals surface area contributed by atoms with Crippen LogP contribution in [-0.2, 0) is 10.0 Å². The fourth-order valence-corrected chi connectivity index (χ4v) is 3.44. The zero-order chi connectivity index (χ0) is 15.9. The zero-order valence-electron chi connectivity index (χ0n) is 12.9. The molecule has 0 aliphatic carbocycles. The maximum Gasteiger partial charge on any atom is 0.242 e. The lowest BCUT2D eigenvalue weighted by molar-refractivity contribution is 0.534. The third kappa shape index (κ3) is 5.50. The Hall–Kier alpha value is -1.35. The first kappa shape index (κ1) is 17.7. The van der Waals surface area contributed by atoms with Crippen molar-refractivity contribution in [1.82, 2.24) is 4.72 Å². The molecule has 0 amide bonds. The van der Waals surface area contributed by atoms with Crippen molar-refractivity contribution in [3.63, 3.8) is 0 Å². The van der Waals surface area contributed by atoms with Gasteiger partial charge in [0.2, 0.25) is 10.0 Å². The lowest BCUT2D eigenvalue weighted by atomic mass is 10.1. The molecule has 0 fully saturated rings. The van der Waals surface area contributed by atoms with Crippen LogP contribution in [0, 0.1) is 18.8 Å². The molecule has 0 radical (unpaired) electrons. The minimum atomic E-state index is -3.56. The van der Waals surface area contributed by atoms with Crippen LogP contribution in [0.1, 0.15) is 44.2 Å². The number of aryl methyl sites for hydroxylation is 1. The maximum absolute atomic E-state index is 12.5. The predicted octanol–water partition coefficient (Wildman–Crippen LogP) is 2.16. The van der Waals surface area contributed by atoms with Crippen LogP contribution in [0.25, 0.3) is 0 Å². The molecule has 5 heteroatoms. The highest BCUT2D eigenvalue weighted by Gasteiger charge is 2.20. The number of rotatable bonds is 6. The molecule has 0 spiro atoms. The normalized spacial score (nSPS) is 12.6. The molecular weight excluding hydrogens is 284 g/mol. The Morgan fingerprint density at radius 1 is 1.38 bits per heavy atom. The topological polar surface area (TPSA) is 72.2 Å². The van der Waals surface area contributed by atoms with Crippen molar-refractivity contribution >= 4 is 10.0 Å². The minimum Gasteiger partial charge on any atom is -0.320 e. The largest absolute Gasteiger partial charge is 0.320 e. The summed E-state index contributed by atoms with van der Waals surface area (Å²) < 4.78 is 27.7. The van der Waals surface area contributed by atoms with E-state index in [9.17, 15) is 8.42 Å². The average Bonchev–Trinajstić information content (AvgIpc) is 2.42. The third-order valence-electron chi connectivity index (χ3n) is 3.10. The van der Waals surface area contributed by atoms with E-state index < -0.39 is 10.0 Å². The Kier molecular flexibility index (Phi) is 6.90. The van der Waals surface area contributed by atoms with E-state index in [1.54, 1.807) is 18.2 Å². The monoisotopic (exact) mass is 308 g/mol. The minimum absolute atomic E-state index is 0.0911. The summed E-state index contributed by atoms with van der Waals surface area (Å²) >= 11 is 0. The van der Waals surface area contributed by atoms with Crippen molar-refractivity contribution in [3.05, 3.63) is 29.3 Å². The second-order valence-electron chi connectivity index (χ2n) is 5.17. The Balaban J connectivity index is 3.07. The van der Waals surface area contributed by atoms with Gasteiger partial charge in [-0.2, -0.15) is 0 Å². The molecule has 0 saturated carbocycles. The number of sulfonamides is 1. The molecule has 0 saturated heterocycles. The highest BCUT2D eigenvalue weighted by Crippen LogP contribution is 2.17. The van der Waals surface area contributed by atoms with E-state index in [1.807, 2.05) is 13.8 Å². The van der Waals surface area contributed by atoms with E-state index in [0.29, 0.717) is 5.56 Å². The lowest BCUT2D eigenvalue weighted by Crippen LogP contribution is -2.33. The second kappa shape index (κ2) is 8.18. The van der Waals surface area contributed by atoms with Crippen molar-refractivity contribution in [2.45, 2.75) is 51.0 Å². The molecule has 1 rings (SSSR count). The van der Waals surface area contributed by atoms with Crippen LogP contribution in [0.5, 0.6) is 0 Å². The Morgan fingerprint density at radius 3 is 2.71 bits per heavy atom. The number of nitrogens with one attached hydrogen (secondary N) is 1. The van der Waals surface area contributed by atoms with Gasteiger partial charge in [0.15, 0.2) is 0 Å². The van der Waals surface area contributed by atoms with Crippen molar-refractivity contribution in [2.24, 2.45) is 5.73 Å². The SMILES string of the molecule is CCCCC(C)NS(=O)(=O)c1ccc(C)cc1C#CCN. The summed E-state index contributed by atoms with van der Waals surface area (Å²) in [5.41, 5.74) is 6.83. The van der Waals surface area contributed by atoms with Crippen molar-refractivity contribution in [3.8, 4) is 11.8 Å². The predicted molar refractivity (Wildman–Crippen MR) is 86.4 cm³/mol. The van der Waals surface area contributed by atoms with Gasteiger partial charge < -0.3 is 5.73 Å². The van der Waals surface area contributed by atoms with Crippen LogP contribution in [0.4, 0.5) is 0 Å². The molecule has 116 valence electrons. The van der Waals surface area contributed by atoms with Gasteiger partial charge in [-0.05, 0) is 38.0 Å².